The number of aryl methyl sites for hydroxylation is 1. The molecular formula is C26H26N2O4. The number of hydrazone groups is 1. The molecule has 0 spiro atoms. The Morgan fingerprint density at radius 3 is 2.34 bits per heavy atom. The summed E-state index contributed by atoms with van der Waals surface area (Å²) in [5.74, 6) is 0.440. The number of hydrogen-bond acceptors (Lipinski definition) is 5. The van der Waals surface area contributed by atoms with Crippen LogP contribution < -0.4 is 14.9 Å². The summed E-state index contributed by atoms with van der Waals surface area (Å²) >= 11 is 0. The zero-order chi connectivity index (χ0) is 22.8. The third-order valence-corrected chi connectivity index (χ3v) is 4.61. The third-order valence-electron chi connectivity index (χ3n) is 4.61. The Morgan fingerprint density at radius 2 is 1.66 bits per heavy atom. The van der Waals surface area contributed by atoms with Crippen molar-refractivity contribution in [2.45, 2.75) is 26.7 Å². The fourth-order valence-electron chi connectivity index (χ4n) is 2.83. The van der Waals surface area contributed by atoms with Crippen LogP contribution in [-0.2, 0) is 0 Å². The van der Waals surface area contributed by atoms with Gasteiger partial charge in [-0.05, 0) is 79.6 Å². The molecular weight excluding hydrogens is 404 g/mol. The van der Waals surface area contributed by atoms with Crippen LogP contribution in [0.15, 0.2) is 77.9 Å². The van der Waals surface area contributed by atoms with E-state index in [2.05, 4.69) is 17.5 Å². The Kier molecular flexibility index (Phi) is 8.15. The zero-order valence-electron chi connectivity index (χ0n) is 18.2. The smallest absolute Gasteiger partial charge is 0.343 e. The van der Waals surface area contributed by atoms with Crippen molar-refractivity contribution in [1.29, 1.82) is 0 Å². The van der Waals surface area contributed by atoms with Gasteiger partial charge in [0.2, 0.25) is 0 Å². The molecule has 164 valence electrons. The molecule has 6 nitrogen and oxygen atoms in total. The lowest BCUT2D eigenvalue weighted by atomic mass is 10.1. The van der Waals surface area contributed by atoms with Gasteiger partial charge in [0.1, 0.15) is 11.5 Å². The van der Waals surface area contributed by atoms with Crippen molar-refractivity contribution in [2.75, 3.05) is 6.61 Å². The van der Waals surface area contributed by atoms with Crippen LogP contribution in [0.1, 0.15) is 51.6 Å². The monoisotopic (exact) mass is 430 g/mol. The predicted molar refractivity (Wildman–Crippen MR) is 124 cm³/mol. The largest absolute Gasteiger partial charge is 0.494 e. The fourth-order valence-corrected chi connectivity index (χ4v) is 2.83. The predicted octanol–water partition coefficient (Wildman–Crippen LogP) is 5.16. The van der Waals surface area contributed by atoms with Gasteiger partial charge in [-0.3, -0.25) is 4.79 Å². The lowest BCUT2D eigenvalue weighted by molar-refractivity contribution is 0.0734. The van der Waals surface area contributed by atoms with E-state index >= 15 is 0 Å². The van der Waals surface area contributed by atoms with Gasteiger partial charge in [0.15, 0.2) is 0 Å². The van der Waals surface area contributed by atoms with Gasteiger partial charge in [-0.25, -0.2) is 10.2 Å². The molecule has 0 aliphatic heterocycles. The molecule has 0 bridgehead atoms. The maximum absolute atomic E-state index is 12.2. The molecule has 0 saturated heterocycles. The minimum absolute atomic E-state index is 0.315. The van der Waals surface area contributed by atoms with Crippen molar-refractivity contribution in [3.8, 4) is 11.5 Å². The fraction of sp³-hybridized carbons (Fsp3) is 0.192. The lowest BCUT2D eigenvalue weighted by Gasteiger charge is -2.06. The maximum atomic E-state index is 12.2. The van der Waals surface area contributed by atoms with Crippen LogP contribution in [0.4, 0.5) is 0 Å². The van der Waals surface area contributed by atoms with Crippen molar-refractivity contribution >= 4 is 18.1 Å². The minimum Gasteiger partial charge on any atom is -0.494 e. The van der Waals surface area contributed by atoms with Crippen molar-refractivity contribution in [1.82, 2.24) is 5.43 Å². The molecule has 0 fully saturated rings. The van der Waals surface area contributed by atoms with Crippen molar-refractivity contribution in [3.05, 3.63) is 95.1 Å². The Morgan fingerprint density at radius 1 is 0.938 bits per heavy atom. The third kappa shape index (κ3) is 6.80. The Hall–Kier alpha value is -3.93. The second kappa shape index (κ2) is 11.5. The Labute approximate surface area is 187 Å². The molecule has 3 aromatic carbocycles. The molecule has 0 aromatic heterocycles. The van der Waals surface area contributed by atoms with Gasteiger partial charge >= 0.3 is 5.97 Å². The van der Waals surface area contributed by atoms with Crippen LogP contribution >= 0.6 is 0 Å². The number of benzene rings is 3. The number of esters is 1. The highest BCUT2D eigenvalue weighted by Gasteiger charge is 2.08. The first-order chi connectivity index (χ1) is 15.5. The molecule has 0 atom stereocenters. The first kappa shape index (κ1) is 22.7. The summed E-state index contributed by atoms with van der Waals surface area (Å²) in [4.78, 5) is 24.4. The summed E-state index contributed by atoms with van der Waals surface area (Å²) in [5, 5.41) is 3.99. The SMILES string of the molecule is CCCCOc1ccc(C(=O)NN=Cc2ccc(OC(=O)c3cccc(C)c3)cc2)cc1. The van der Waals surface area contributed by atoms with Gasteiger partial charge in [-0.1, -0.05) is 31.0 Å². The first-order valence-corrected chi connectivity index (χ1v) is 10.5. The highest BCUT2D eigenvalue weighted by Crippen LogP contribution is 2.15. The number of ether oxygens (including phenoxy) is 2. The number of nitrogens with one attached hydrogen (secondary N) is 1. The second-order valence-corrected chi connectivity index (χ2v) is 7.25. The normalized spacial score (nSPS) is 10.7. The molecule has 32 heavy (non-hydrogen) atoms. The maximum Gasteiger partial charge on any atom is 0.343 e. The molecule has 0 saturated carbocycles. The van der Waals surface area contributed by atoms with E-state index in [4.69, 9.17) is 9.47 Å². The molecule has 3 aromatic rings. The number of nitrogens with zero attached hydrogens (tertiary/aromatic N) is 1. The van der Waals surface area contributed by atoms with E-state index in [-0.39, 0.29) is 5.91 Å². The minimum atomic E-state index is -0.413. The van der Waals surface area contributed by atoms with E-state index in [0.29, 0.717) is 23.5 Å². The summed E-state index contributed by atoms with van der Waals surface area (Å²) in [6.45, 7) is 4.69. The second-order valence-electron chi connectivity index (χ2n) is 7.25. The van der Waals surface area contributed by atoms with Crippen molar-refractivity contribution in [3.63, 3.8) is 0 Å². The van der Waals surface area contributed by atoms with E-state index in [1.54, 1.807) is 60.7 Å². The Bertz CT molecular complexity index is 1070. The van der Waals surface area contributed by atoms with Crippen LogP contribution in [0, 0.1) is 6.92 Å². The number of carbonyl (C=O) groups excluding carboxylic acids is 2. The van der Waals surface area contributed by atoms with E-state index in [1.165, 1.54) is 6.21 Å². The quantitative estimate of drug-likeness (QED) is 0.167. The molecule has 6 heteroatoms. The average Bonchev–Trinajstić information content (AvgIpc) is 2.81. The van der Waals surface area contributed by atoms with Crippen LogP contribution in [0.2, 0.25) is 0 Å². The summed E-state index contributed by atoms with van der Waals surface area (Å²) < 4.78 is 11.0. The first-order valence-electron chi connectivity index (χ1n) is 10.5. The molecule has 0 heterocycles. The summed E-state index contributed by atoms with van der Waals surface area (Å²) in [5.41, 5.74) is 5.23. The number of carbonyl (C=O) groups is 2. The number of rotatable bonds is 9. The zero-order valence-corrected chi connectivity index (χ0v) is 18.2. The molecule has 1 amide bonds. The molecule has 0 aliphatic rings. The van der Waals surface area contributed by atoms with Crippen LogP contribution in [0.25, 0.3) is 0 Å². The van der Waals surface area contributed by atoms with E-state index in [1.807, 2.05) is 19.1 Å². The average molecular weight is 431 g/mol. The van der Waals surface area contributed by atoms with Crippen LogP contribution in [0.3, 0.4) is 0 Å². The highest BCUT2D eigenvalue weighted by molar-refractivity contribution is 5.95. The topological polar surface area (TPSA) is 77.0 Å². The van der Waals surface area contributed by atoms with E-state index < -0.39 is 5.97 Å². The highest BCUT2D eigenvalue weighted by atomic mass is 16.5. The lowest BCUT2D eigenvalue weighted by Crippen LogP contribution is -2.17. The van der Waals surface area contributed by atoms with Gasteiger partial charge in [0.25, 0.3) is 5.91 Å². The van der Waals surface area contributed by atoms with Crippen molar-refractivity contribution < 1.29 is 19.1 Å². The van der Waals surface area contributed by atoms with E-state index in [9.17, 15) is 9.59 Å². The van der Waals surface area contributed by atoms with Gasteiger partial charge < -0.3 is 9.47 Å². The number of unbranched alkanes of at least 4 members (excludes halogenated alkanes) is 1. The molecule has 0 aliphatic carbocycles. The Balaban J connectivity index is 1.50. The van der Waals surface area contributed by atoms with Gasteiger partial charge in [-0.15, -0.1) is 0 Å². The standard InChI is InChI=1S/C26H26N2O4/c1-3-4-16-31-23-14-10-21(11-15-23)25(29)28-27-18-20-8-12-24(13-9-20)32-26(30)22-7-5-6-19(2)17-22/h5-15,17-18H,3-4,16H2,1-2H3,(H,28,29). The molecule has 0 unspecified atom stereocenters. The summed E-state index contributed by atoms with van der Waals surface area (Å²) in [6, 6.07) is 21.0. The van der Waals surface area contributed by atoms with E-state index in [0.717, 1.165) is 29.7 Å². The van der Waals surface area contributed by atoms with Crippen LogP contribution in [-0.4, -0.2) is 24.7 Å². The van der Waals surface area contributed by atoms with Gasteiger partial charge in [0, 0.05) is 5.56 Å². The van der Waals surface area contributed by atoms with Gasteiger partial charge in [0.05, 0.1) is 18.4 Å². The summed E-state index contributed by atoms with van der Waals surface area (Å²) in [6.07, 6.45) is 3.58. The molecule has 0 radical (unpaired) electrons. The van der Waals surface area contributed by atoms with Crippen molar-refractivity contribution in [2.24, 2.45) is 5.10 Å². The number of amides is 1. The summed E-state index contributed by atoms with van der Waals surface area (Å²) in [7, 11) is 0. The number of hydrogen-bond donors (Lipinski definition) is 1. The van der Waals surface area contributed by atoms with Gasteiger partial charge in [-0.2, -0.15) is 5.10 Å². The van der Waals surface area contributed by atoms with Crippen LogP contribution in [0.5, 0.6) is 11.5 Å². The molecule has 1 N–H and O–H groups in total. The molecule has 3 rings (SSSR count).